The summed E-state index contributed by atoms with van der Waals surface area (Å²) >= 11 is 1.26. The van der Waals surface area contributed by atoms with Gasteiger partial charge in [-0.1, -0.05) is 72.8 Å². The van der Waals surface area contributed by atoms with Gasteiger partial charge in [-0.3, -0.25) is 0 Å². The van der Waals surface area contributed by atoms with Gasteiger partial charge in [0.25, 0.3) is 0 Å². The van der Waals surface area contributed by atoms with E-state index >= 15 is 0 Å². The first kappa shape index (κ1) is 92.9. The summed E-state index contributed by atoms with van der Waals surface area (Å²) in [4.78, 5) is 0. The minimum atomic E-state index is -0.599. The van der Waals surface area contributed by atoms with Crippen molar-refractivity contribution in [3.05, 3.63) is 131 Å². The van der Waals surface area contributed by atoms with Crippen molar-refractivity contribution in [1.29, 1.82) is 0 Å². The monoisotopic (exact) mass is 1620 g/mol. The third-order valence-electron chi connectivity index (χ3n) is 21.3. The fourth-order valence-electron chi connectivity index (χ4n) is 14.4. The molecule has 9 rings (SSSR count). The van der Waals surface area contributed by atoms with Gasteiger partial charge in [0, 0.05) is 53.9 Å². The van der Waals surface area contributed by atoms with Crippen LogP contribution in [0, 0.1) is 0 Å². The zero-order chi connectivity index (χ0) is 82.6. The summed E-state index contributed by atoms with van der Waals surface area (Å²) in [6, 6.07) is 40.4. The van der Waals surface area contributed by atoms with E-state index in [2.05, 4.69) is 224 Å². The van der Waals surface area contributed by atoms with Crippen molar-refractivity contribution >= 4 is 22.8 Å². The molecule has 22 nitrogen and oxygen atoms in total. The van der Waals surface area contributed by atoms with Crippen LogP contribution < -0.4 is 9.47 Å². The maximum Gasteiger partial charge on any atom is 0.127 e. The van der Waals surface area contributed by atoms with Gasteiger partial charge >= 0.3 is 0 Å². The van der Waals surface area contributed by atoms with Gasteiger partial charge in [0.15, 0.2) is 0 Å². The highest BCUT2D eigenvalue weighted by atomic mass is 32.1. The lowest BCUT2D eigenvalue weighted by atomic mass is 9.72. The number of quaternary nitrogens is 6. The molecule has 0 aliphatic heterocycles. The van der Waals surface area contributed by atoms with Crippen LogP contribution in [0.2, 0.25) is 0 Å². The Morgan fingerprint density at radius 1 is 0.243 bits per heavy atom. The molecule has 0 saturated carbocycles. The van der Waals surface area contributed by atoms with E-state index in [1.807, 2.05) is 12.1 Å². The Balaban J connectivity index is 1.06. The minimum absolute atomic E-state index is 0.341. The molecular weight excluding hydrogens is 1470 g/mol. The van der Waals surface area contributed by atoms with Gasteiger partial charge in [0.1, 0.15) is 75.0 Å². The summed E-state index contributed by atoms with van der Waals surface area (Å²) in [6.07, 6.45) is 2.86. The topological polar surface area (TPSA) is 155 Å². The average molecular weight is 1620 g/mol. The smallest absolute Gasteiger partial charge is 0.127 e. The van der Waals surface area contributed by atoms with Crippen molar-refractivity contribution in [2.45, 2.75) is 36.5 Å². The highest BCUT2D eigenvalue weighted by Crippen LogP contribution is 2.57. The number of benzene rings is 6. The zero-order valence-corrected chi connectivity index (χ0v) is 74.4. The number of hydrogen-bond acceptors (Lipinski definition) is 17. The first-order valence-electron chi connectivity index (χ1n) is 41.8. The molecule has 2 aliphatic rings. The highest BCUT2D eigenvalue weighted by Gasteiger charge is 2.45. The lowest BCUT2D eigenvalue weighted by Gasteiger charge is -2.33. The minimum Gasteiger partial charge on any atom is -0.491 e. The van der Waals surface area contributed by atoms with Gasteiger partial charge in [-0.05, 0) is 123 Å². The van der Waals surface area contributed by atoms with Crippen LogP contribution in [0.4, 0.5) is 0 Å². The quantitative estimate of drug-likeness (QED) is 0.0262. The van der Waals surface area contributed by atoms with Crippen LogP contribution in [0.1, 0.15) is 47.9 Å². The predicted molar refractivity (Wildman–Crippen MR) is 463 cm³/mol. The Hall–Kier alpha value is -5.98. The summed E-state index contributed by atoms with van der Waals surface area (Å²) in [7, 11) is 39.2. The van der Waals surface area contributed by atoms with E-state index in [4.69, 9.17) is 75.1 Å². The lowest BCUT2D eigenvalue weighted by molar-refractivity contribution is -0.870. The molecule has 0 unspecified atom stereocenters. The van der Waals surface area contributed by atoms with E-state index in [-0.39, 0.29) is 0 Å². The number of rotatable bonds is 59. The number of likely N-dealkylation sites (N-methyl/N-ethyl adjacent to an activating group) is 6. The van der Waals surface area contributed by atoms with E-state index in [0.717, 1.165) is 135 Å². The Morgan fingerprint density at radius 3 is 0.852 bits per heavy atom. The molecular formula is C92H144N8O14S+6. The van der Waals surface area contributed by atoms with Crippen molar-refractivity contribution in [2.24, 2.45) is 0 Å². The van der Waals surface area contributed by atoms with Crippen molar-refractivity contribution in [2.75, 3.05) is 338 Å². The van der Waals surface area contributed by atoms with Gasteiger partial charge in [-0.2, -0.15) is 8.75 Å². The van der Waals surface area contributed by atoms with E-state index in [0.29, 0.717) is 190 Å². The number of ether oxygens (including phenoxy) is 14. The fraction of sp³-hybridized carbons (Fsp3) is 0.609. The van der Waals surface area contributed by atoms with Crippen molar-refractivity contribution in [3.8, 4) is 67.1 Å². The molecule has 0 N–H and O–H groups in total. The molecule has 0 atom stereocenters. The molecule has 115 heavy (non-hydrogen) atoms. The van der Waals surface area contributed by atoms with Crippen LogP contribution >= 0.6 is 11.7 Å². The van der Waals surface area contributed by atoms with Gasteiger partial charge in [-0.15, -0.1) is 0 Å². The number of nitrogens with zero attached hydrogens (tertiary/aromatic N) is 8. The van der Waals surface area contributed by atoms with Crippen molar-refractivity contribution in [3.63, 3.8) is 0 Å². The Labute approximate surface area is 694 Å². The van der Waals surface area contributed by atoms with E-state index in [1.54, 1.807) is 0 Å². The second-order valence-electron chi connectivity index (χ2n) is 36.9. The lowest BCUT2D eigenvalue weighted by Crippen LogP contribution is -2.37. The van der Waals surface area contributed by atoms with Crippen LogP contribution in [0.15, 0.2) is 109 Å². The summed E-state index contributed by atoms with van der Waals surface area (Å²) < 4.78 is 103. The standard InChI is InChI=1S/C92H144N8O14S/c1-95(2,3)37-47-105-57-53-101-43-33-91(34-44-102-54-58-106-48-38-96(4,5)6)84-22-20-19-21-79(84)80-27-23-73(69-85(80)91)77-30-31-78(90-89(77)93-115-94-90)74-24-28-81-82-29-25-75(71-87(82)92(86(81)70-74,35-45-103-55-59-107-49-39-97(7,8)9)36-46-104-56-60-108-50-40-98(10,11)12)83-72-76(113-67-65-111-63-61-109-51-41-99(13,14)15)26-32-88(83)114-68-66-112-64-62-110-52-42-100(16,17)18/h19-32,69-72H,33-68H2,1-18H3/q+6. The molecule has 7 aromatic rings. The highest BCUT2D eigenvalue weighted by molar-refractivity contribution is 7.00. The van der Waals surface area contributed by atoms with Crippen molar-refractivity contribution < 1.29 is 93.2 Å². The molecule has 0 bridgehead atoms. The van der Waals surface area contributed by atoms with Crippen LogP contribution in [-0.4, -0.2) is 374 Å². The third kappa shape index (κ3) is 29.8. The molecule has 0 radical (unpaired) electrons. The molecule has 0 amide bonds. The second-order valence-corrected chi connectivity index (χ2v) is 37.4. The number of fused-ring (bicyclic) bond motifs is 7. The van der Waals surface area contributed by atoms with E-state index in [9.17, 15) is 0 Å². The van der Waals surface area contributed by atoms with E-state index < -0.39 is 10.8 Å². The van der Waals surface area contributed by atoms with Crippen LogP contribution in [0.25, 0.3) is 66.7 Å². The average Bonchev–Trinajstić information content (AvgIpc) is 1.57. The van der Waals surface area contributed by atoms with Crippen LogP contribution in [0.5, 0.6) is 11.5 Å². The van der Waals surface area contributed by atoms with Gasteiger partial charge in [0.2, 0.25) is 0 Å². The van der Waals surface area contributed by atoms with E-state index in [1.165, 1.54) is 50.7 Å². The van der Waals surface area contributed by atoms with Crippen LogP contribution in [0.3, 0.4) is 0 Å². The first-order chi connectivity index (χ1) is 54.8. The Morgan fingerprint density at radius 2 is 0.513 bits per heavy atom. The number of hydrogen-bond donors (Lipinski definition) is 0. The van der Waals surface area contributed by atoms with Crippen molar-refractivity contribution in [1.82, 2.24) is 8.75 Å². The maximum atomic E-state index is 6.73. The molecule has 0 fully saturated rings. The largest absolute Gasteiger partial charge is 0.491 e. The predicted octanol–water partition coefficient (Wildman–Crippen LogP) is 12.0. The molecule has 1 heterocycles. The third-order valence-corrected chi connectivity index (χ3v) is 21.8. The normalized spacial score (nSPS) is 14.1. The molecule has 23 heteroatoms. The maximum absolute atomic E-state index is 6.73. The Bertz CT molecular complexity index is 4000. The summed E-state index contributed by atoms with van der Waals surface area (Å²) in [5.41, 5.74) is 16.5. The summed E-state index contributed by atoms with van der Waals surface area (Å²) in [6.45, 7) is 19.2. The molecule has 0 spiro atoms. The van der Waals surface area contributed by atoms with Gasteiger partial charge < -0.3 is 93.2 Å². The number of aromatic nitrogens is 2. The fourth-order valence-corrected chi connectivity index (χ4v) is 15.0. The van der Waals surface area contributed by atoms with Crippen LogP contribution in [-0.2, 0) is 67.7 Å². The molecule has 2 aliphatic carbocycles. The zero-order valence-electron chi connectivity index (χ0n) is 73.5. The molecule has 0 saturated heterocycles. The molecule has 636 valence electrons. The first-order valence-corrected chi connectivity index (χ1v) is 42.5. The Kier molecular flexibility index (Phi) is 35.8. The van der Waals surface area contributed by atoms with Gasteiger partial charge in [0.05, 0.1) is 271 Å². The summed E-state index contributed by atoms with van der Waals surface area (Å²) in [5, 5.41) is 0. The second kappa shape index (κ2) is 44.4. The van der Waals surface area contributed by atoms with Gasteiger partial charge in [-0.25, -0.2) is 0 Å². The SMILES string of the molecule is C[N+](C)(C)CCOCCOCCOc1ccc(OCCOCCOCC[N+](C)(C)C)c(-c2ccc3c(c2)C(CCOCCOCC[N+](C)(C)C)(CCOCCOCC[N+](C)(C)C)c2cc(-c4ccc(-c5ccc6c(c5)C(CCOCCOCC[N+](C)(C)C)(CCOCCOCC[N+](C)(C)C)c5ccccc5-6)c5nsnc45)ccc2-3)c1. The molecule has 1 aromatic heterocycles. The molecule has 6 aromatic carbocycles. The summed E-state index contributed by atoms with van der Waals surface area (Å²) in [5.74, 6) is 1.43.